The summed E-state index contributed by atoms with van der Waals surface area (Å²) in [6, 6.07) is 4.44. The Hall–Kier alpha value is -2.64. The van der Waals surface area contributed by atoms with E-state index < -0.39 is 0 Å². The van der Waals surface area contributed by atoms with Crippen LogP contribution in [0.15, 0.2) is 47.6 Å². The second-order valence-electron chi connectivity index (χ2n) is 15.5. The van der Waals surface area contributed by atoms with E-state index in [1.165, 1.54) is 16.8 Å². The molecule has 2 saturated carbocycles. The third-order valence-corrected chi connectivity index (χ3v) is 13.8. The molecule has 8 heteroatoms. The standard InChI is InChI=1S/C40H59N5O2.ClH/c1-9-43(10-2)34-15-16-36(44(11-3)12-4)41-37(34)45-23-21-42(22-24-45)27-35(47)40(8)28(5)25-33-31-14-13-29-26-30(46)17-19-38(29,6)32(31)18-20-39(33,40)7;/h15-19,26,28,31,33H,9-14,20-25,27H2,1-8H3;1H/t28-,31-,33+,38+,39+,40-;/m1./s1. The fraction of sp³-hybridized carbons (Fsp3) is 0.675. The highest BCUT2D eigenvalue weighted by Gasteiger charge is 2.65. The van der Waals surface area contributed by atoms with E-state index in [1.54, 1.807) is 6.08 Å². The molecule has 7 nitrogen and oxygen atoms in total. The Bertz CT molecular complexity index is 1470. The number of pyridine rings is 1. The van der Waals surface area contributed by atoms with Crippen LogP contribution in [0.5, 0.6) is 0 Å². The minimum atomic E-state index is -0.359. The normalized spacial score (nSPS) is 32.8. The fourth-order valence-corrected chi connectivity index (χ4v) is 10.4. The second-order valence-corrected chi connectivity index (χ2v) is 15.5. The molecule has 0 N–H and O–H groups in total. The van der Waals surface area contributed by atoms with Crippen LogP contribution in [-0.2, 0) is 9.59 Å². The number of nitrogens with zero attached hydrogens (tertiary/aromatic N) is 5. The van der Waals surface area contributed by atoms with Crippen LogP contribution in [0.1, 0.15) is 81.1 Å². The van der Waals surface area contributed by atoms with E-state index in [4.69, 9.17) is 4.98 Å². The van der Waals surface area contributed by atoms with Gasteiger partial charge >= 0.3 is 0 Å². The molecule has 0 radical (unpaired) electrons. The van der Waals surface area contributed by atoms with E-state index in [2.05, 4.69) is 99.3 Å². The molecular formula is C40H60ClN5O2. The zero-order valence-electron chi connectivity index (χ0n) is 30.8. The maximum Gasteiger partial charge on any atom is 0.178 e. The number of Topliss-reactive ketones (excluding diaryl/α,β-unsaturated/α-hetero) is 1. The summed E-state index contributed by atoms with van der Waals surface area (Å²) in [6.07, 6.45) is 12.4. The molecule has 1 aliphatic heterocycles. The monoisotopic (exact) mass is 677 g/mol. The summed E-state index contributed by atoms with van der Waals surface area (Å²) in [5.41, 5.74) is 3.43. The van der Waals surface area contributed by atoms with Crippen molar-refractivity contribution in [1.29, 1.82) is 0 Å². The minimum absolute atomic E-state index is 0. The SMILES string of the molecule is CCN(CC)c1ccc(N(CC)CC)c(N2CCN(CC(=O)[C@@]3(C)[C@H](C)C[C@H]4[C@@H]5CCC6=CC(=O)C=C[C@]6(C)C5=CC[C@@]43C)CC2)n1.Cl. The van der Waals surface area contributed by atoms with Gasteiger partial charge in [-0.15, -0.1) is 12.4 Å². The maximum atomic E-state index is 14.6. The highest BCUT2D eigenvalue weighted by atomic mass is 35.5. The van der Waals surface area contributed by atoms with Crippen molar-refractivity contribution in [3.63, 3.8) is 0 Å². The van der Waals surface area contributed by atoms with Gasteiger partial charge in [-0.25, -0.2) is 4.98 Å². The lowest BCUT2D eigenvalue weighted by molar-refractivity contribution is -0.139. The Morgan fingerprint density at radius 2 is 1.65 bits per heavy atom. The van der Waals surface area contributed by atoms with Gasteiger partial charge in [0.1, 0.15) is 5.82 Å². The molecule has 0 unspecified atom stereocenters. The predicted molar refractivity (Wildman–Crippen MR) is 202 cm³/mol. The van der Waals surface area contributed by atoms with E-state index in [1.807, 2.05) is 6.08 Å². The Kier molecular flexibility index (Phi) is 10.6. The van der Waals surface area contributed by atoms with Gasteiger partial charge in [-0.1, -0.05) is 44.1 Å². The summed E-state index contributed by atoms with van der Waals surface area (Å²) in [5, 5.41) is 0. The molecule has 4 aliphatic carbocycles. The number of carbonyl (C=O) groups is 2. The Balaban J connectivity index is 0.00000451. The quantitative estimate of drug-likeness (QED) is 0.240. The van der Waals surface area contributed by atoms with Crippen molar-refractivity contribution in [1.82, 2.24) is 9.88 Å². The fourth-order valence-electron chi connectivity index (χ4n) is 10.4. The molecule has 0 aromatic carbocycles. The summed E-state index contributed by atoms with van der Waals surface area (Å²) in [6.45, 7) is 26.0. The van der Waals surface area contributed by atoms with Gasteiger partial charge in [0.2, 0.25) is 0 Å². The van der Waals surface area contributed by atoms with Gasteiger partial charge < -0.3 is 14.7 Å². The molecular weight excluding hydrogens is 618 g/mol. The van der Waals surface area contributed by atoms with Crippen LogP contribution in [0.3, 0.4) is 0 Å². The highest BCUT2D eigenvalue weighted by Crippen LogP contribution is 2.69. The van der Waals surface area contributed by atoms with E-state index in [-0.39, 0.29) is 34.4 Å². The number of fused-ring (bicyclic) bond motifs is 5. The van der Waals surface area contributed by atoms with E-state index in [9.17, 15) is 9.59 Å². The summed E-state index contributed by atoms with van der Waals surface area (Å²) >= 11 is 0. The molecule has 0 bridgehead atoms. The number of hydrogen-bond acceptors (Lipinski definition) is 7. The zero-order valence-corrected chi connectivity index (χ0v) is 31.7. The molecule has 2 heterocycles. The molecule has 1 aromatic heterocycles. The maximum absolute atomic E-state index is 14.6. The van der Waals surface area contributed by atoms with Crippen LogP contribution < -0.4 is 14.7 Å². The molecule has 48 heavy (non-hydrogen) atoms. The Morgan fingerprint density at radius 1 is 0.979 bits per heavy atom. The first-order valence-electron chi connectivity index (χ1n) is 18.6. The van der Waals surface area contributed by atoms with Crippen molar-refractivity contribution in [2.75, 3.05) is 73.6 Å². The van der Waals surface area contributed by atoms with Crippen molar-refractivity contribution in [3.05, 3.63) is 47.6 Å². The topological polar surface area (TPSA) is 60.0 Å². The first-order chi connectivity index (χ1) is 22.4. The van der Waals surface area contributed by atoms with Crippen LogP contribution >= 0.6 is 12.4 Å². The lowest BCUT2D eigenvalue weighted by Crippen LogP contribution is -2.54. The largest absolute Gasteiger partial charge is 0.369 e. The smallest absolute Gasteiger partial charge is 0.178 e. The first kappa shape index (κ1) is 36.6. The summed E-state index contributed by atoms with van der Waals surface area (Å²) in [7, 11) is 0. The number of carbonyl (C=O) groups excluding carboxylic acids is 2. The molecule has 264 valence electrons. The van der Waals surface area contributed by atoms with Gasteiger partial charge in [-0.2, -0.15) is 0 Å². The average Bonchev–Trinajstić information content (AvgIpc) is 3.28. The first-order valence-corrected chi connectivity index (χ1v) is 18.6. The van der Waals surface area contributed by atoms with E-state index in [0.29, 0.717) is 30.1 Å². The Morgan fingerprint density at radius 3 is 2.29 bits per heavy atom. The van der Waals surface area contributed by atoms with Crippen LogP contribution in [0.2, 0.25) is 0 Å². The van der Waals surface area contributed by atoms with Crippen molar-refractivity contribution in [2.45, 2.75) is 81.1 Å². The molecule has 1 saturated heterocycles. The number of hydrogen-bond donors (Lipinski definition) is 0. The van der Waals surface area contributed by atoms with Crippen LogP contribution in [0.25, 0.3) is 0 Å². The second kappa shape index (κ2) is 13.9. The molecule has 6 rings (SSSR count). The molecule has 5 aliphatic rings. The summed E-state index contributed by atoms with van der Waals surface area (Å²) < 4.78 is 0. The lowest BCUT2D eigenvalue weighted by Gasteiger charge is -2.54. The van der Waals surface area contributed by atoms with E-state index in [0.717, 1.165) is 89.7 Å². The number of halogens is 1. The van der Waals surface area contributed by atoms with Crippen LogP contribution in [-0.4, -0.2) is 80.4 Å². The molecule has 6 atom stereocenters. The van der Waals surface area contributed by atoms with Gasteiger partial charge in [0.25, 0.3) is 0 Å². The lowest BCUT2D eigenvalue weighted by atomic mass is 9.49. The average molecular weight is 678 g/mol. The number of allylic oxidation sites excluding steroid dienone is 6. The predicted octanol–water partition coefficient (Wildman–Crippen LogP) is 7.37. The molecule has 1 aromatic rings. The number of aromatic nitrogens is 1. The van der Waals surface area contributed by atoms with Gasteiger partial charge in [0.05, 0.1) is 12.2 Å². The van der Waals surface area contributed by atoms with Gasteiger partial charge in [0.15, 0.2) is 17.4 Å². The van der Waals surface area contributed by atoms with Gasteiger partial charge in [0, 0.05) is 63.2 Å². The third-order valence-electron chi connectivity index (χ3n) is 13.8. The van der Waals surface area contributed by atoms with Crippen LogP contribution in [0.4, 0.5) is 17.3 Å². The van der Waals surface area contributed by atoms with Gasteiger partial charge in [-0.3, -0.25) is 14.5 Å². The van der Waals surface area contributed by atoms with Crippen LogP contribution in [0, 0.1) is 34.0 Å². The number of anilines is 3. The van der Waals surface area contributed by atoms with E-state index >= 15 is 0 Å². The molecule has 3 fully saturated rings. The number of rotatable bonds is 10. The van der Waals surface area contributed by atoms with Gasteiger partial charge in [-0.05, 0) is 108 Å². The molecule has 0 spiro atoms. The van der Waals surface area contributed by atoms with Crippen molar-refractivity contribution in [3.8, 4) is 0 Å². The summed E-state index contributed by atoms with van der Waals surface area (Å²) in [4.78, 5) is 41.6. The third kappa shape index (κ3) is 5.75. The van der Waals surface area contributed by atoms with Crippen molar-refractivity contribution >= 4 is 41.3 Å². The van der Waals surface area contributed by atoms with Crippen molar-refractivity contribution < 1.29 is 9.59 Å². The summed E-state index contributed by atoms with van der Waals surface area (Å²) in [5.74, 6) is 3.99. The molecule has 0 amide bonds. The van der Waals surface area contributed by atoms with Crippen molar-refractivity contribution in [2.24, 2.45) is 34.0 Å². The zero-order chi connectivity index (χ0) is 33.7. The number of ketones is 2. The highest BCUT2D eigenvalue weighted by molar-refractivity contribution is 6.01. The minimum Gasteiger partial charge on any atom is -0.369 e. The number of piperazine rings is 1. The Labute approximate surface area is 296 Å².